The van der Waals surface area contributed by atoms with Crippen LogP contribution in [0, 0.1) is 13.8 Å². The number of aryl methyl sites for hydroxylation is 2. The average Bonchev–Trinajstić information content (AvgIpc) is 2.58. The van der Waals surface area contributed by atoms with Crippen LogP contribution in [0.2, 0.25) is 0 Å². The van der Waals surface area contributed by atoms with E-state index in [0.717, 1.165) is 28.9 Å². The highest BCUT2D eigenvalue weighted by Gasteiger charge is 2.14. The third kappa shape index (κ3) is 4.75. The SMILES string of the molecule is CCC(NC(=O)COc1cccc(C)c1)c1ccc(OC)c(C)c1. The molecule has 1 amide bonds. The second kappa shape index (κ2) is 8.39. The minimum atomic E-state index is -0.128. The summed E-state index contributed by atoms with van der Waals surface area (Å²) < 4.78 is 10.8. The Morgan fingerprint density at radius 1 is 1.17 bits per heavy atom. The number of benzene rings is 2. The first-order valence-corrected chi connectivity index (χ1v) is 8.16. The van der Waals surface area contributed by atoms with Crippen LogP contribution in [0.3, 0.4) is 0 Å². The smallest absolute Gasteiger partial charge is 0.258 e. The standard InChI is InChI=1S/C20H25NO3/c1-5-18(16-9-10-19(23-4)15(3)12-16)21-20(22)13-24-17-8-6-7-14(2)11-17/h6-12,18H,5,13H2,1-4H3,(H,21,22). The summed E-state index contributed by atoms with van der Waals surface area (Å²) in [5, 5.41) is 3.03. The molecular formula is C20H25NO3. The Bertz CT molecular complexity index is 697. The van der Waals surface area contributed by atoms with Gasteiger partial charge in [-0.05, 0) is 55.2 Å². The number of carbonyl (C=O) groups is 1. The molecular weight excluding hydrogens is 302 g/mol. The van der Waals surface area contributed by atoms with Crippen LogP contribution in [0.1, 0.15) is 36.1 Å². The first-order chi connectivity index (χ1) is 11.5. The maximum atomic E-state index is 12.2. The molecule has 0 fully saturated rings. The van der Waals surface area contributed by atoms with E-state index in [-0.39, 0.29) is 18.6 Å². The van der Waals surface area contributed by atoms with Crippen molar-refractivity contribution < 1.29 is 14.3 Å². The predicted molar refractivity (Wildman–Crippen MR) is 95.6 cm³/mol. The number of methoxy groups -OCH3 is 1. The zero-order chi connectivity index (χ0) is 17.5. The zero-order valence-corrected chi connectivity index (χ0v) is 14.8. The molecule has 0 saturated heterocycles. The number of amides is 1. The lowest BCUT2D eigenvalue weighted by Crippen LogP contribution is -2.32. The van der Waals surface area contributed by atoms with E-state index in [0.29, 0.717) is 5.75 Å². The van der Waals surface area contributed by atoms with Gasteiger partial charge in [-0.1, -0.05) is 31.2 Å². The first-order valence-electron chi connectivity index (χ1n) is 8.16. The molecule has 0 radical (unpaired) electrons. The summed E-state index contributed by atoms with van der Waals surface area (Å²) in [6.45, 7) is 6.05. The van der Waals surface area contributed by atoms with E-state index in [4.69, 9.17) is 9.47 Å². The van der Waals surface area contributed by atoms with Crippen LogP contribution in [-0.2, 0) is 4.79 Å². The Balaban J connectivity index is 1.96. The van der Waals surface area contributed by atoms with E-state index >= 15 is 0 Å². The van der Waals surface area contributed by atoms with Crippen LogP contribution in [0.5, 0.6) is 11.5 Å². The van der Waals surface area contributed by atoms with Crippen molar-refractivity contribution in [2.75, 3.05) is 13.7 Å². The monoisotopic (exact) mass is 327 g/mol. The molecule has 128 valence electrons. The van der Waals surface area contributed by atoms with Crippen molar-refractivity contribution in [3.8, 4) is 11.5 Å². The van der Waals surface area contributed by atoms with Crippen LogP contribution in [0.25, 0.3) is 0 Å². The fourth-order valence-corrected chi connectivity index (χ4v) is 2.63. The molecule has 0 bridgehead atoms. The lowest BCUT2D eigenvalue weighted by Gasteiger charge is -2.19. The van der Waals surface area contributed by atoms with Crippen LogP contribution in [-0.4, -0.2) is 19.6 Å². The van der Waals surface area contributed by atoms with Crippen molar-refractivity contribution in [2.24, 2.45) is 0 Å². The van der Waals surface area contributed by atoms with Crippen molar-refractivity contribution in [1.29, 1.82) is 0 Å². The quantitative estimate of drug-likeness (QED) is 0.837. The first kappa shape index (κ1) is 17.9. The van der Waals surface area contributed by atoms with E-state index in [1.165, 1.54) is 0 Å². The fourth-order valence-electron chi connectivity index (χ4n) is 2.63. The van der Waals surface area contributed by atoms with Crippen molar-refractivity contribution in [1.82, 2.24) is 5.32 Å². The molecule has 4 heteroatoms. The van der Waals surface area contributed by atoms with E-state index in [1.54, 1.807) is 7.11 Å². The molecule has 0 spiro atoms. The summed E-state index contributed by atoms with van der Waals surface area (Å²) in [4.78, 5) is 12.2. The lowest BCUT2D eigenvalue weighted by atomic mass is 10.0. The summed E-state index contributed by atoms with van der Waals surface area (Å²) in [6.07, 6.45) is 0.807. The Morgan fingerprint density at radius 2 is 1.96 bits per heavy atom. The highest BCUT2D eigenvalue weighted by molar-refractivity contribution is 5.78. The summed E-state index contributed by atoms with van der Waals surface area (Å²) >= 11 is 0. The summed E-state index contributed by atoms with van der Waals surface area (Å²) in [5.74, 6) is 1.43. The number of nitrogens with one attached hydrogen (secondary N) is 1. The van der Waals surface area contributed by atoms with Crippen LogP contribution >= 0.6 is 0 Å². The molecule has 2 rings (SSSR count). The van der Waals surface area contributed by atoms with Gasteiger partial charge in [-0.25, -0.2) is 0 Å². The largest absolute Gasteiger partial charge is 0.496 e. The molecule has 2 aromatic rings. The highest BCUT2D eigenvalue weighted by Crippen LogP contribution is 2.24. The van der Waals surface area contributed by atoms with Gasteiger partial charge in [-0.2, -0.15) is 0 Å². The molecule has 24 heavy (non-hydrogen) atoms. The number of ether oxygens (including phenoxy) is 2. The fraction of sp³-hybridized carbons (Fsp3) is 0.350. The molecule has 2 aromatic carbocycles. The van der Waals surface area contributed by atoms with Gasteiger partial charge in [-0.3, -0.25) is 4.79 Å². The molecule has 0 aromatic heterocycles. The molecule has 0 aliphatic heterocycles. The summed E-state index contributed by atoms with van der Waals surface area (Å²) in [7, 11) is 1.66. The molecule has 0 aliphatic rings. The minimum absolute atomic E-state index is 0.00902. The van der Waals surface area contributed by atoms with Gasteiger partial charge >= 0.3 is 0 Å². The third-order valence-corrected chi connectivity index (χ3v) is 3.92. The number of hydrogen-bond donors (Lipinski definition) is 1. The van der Waals surface area contributed by atoms with Crippen molar-refractivity contribution in [3.63, 3.8) is 0 Å². The van der Waals surface area contributed by atoms with Crippen molar-refractivity contribution in [2.45, 2.75) is 33.2 Å². The Hall–Kier alpha value is -2.49. The van der Waals surface area contributed by atoms with Crippen LogP contribution in [0.15, 0.2) is 42.5 Å². The van der Waals surface area contributed by atoms with E-state index in [2.05, 4.69) is 11.4 Å². The van der Waals surface area contributed by atoms with E-state index in [9.17, 15) is 4.79 Å². The molecule has 0 saturated carbocycles. The third-order valence-electron chi connectivity index (χ3n) is 3.92. The van der Waals surface area contributed by atoms with Crippen molar-refractivity contribution in [3.05, 3.63) is 59.2 Å². The van der Waals surface area contributed by atoms with Gasteiger partial charge in [0.05, 0.1) is 13.2 Å². The molecule has 0 aliphatic carbocycles. The molecule has 0 heterocycles. The Kier molecular flexibility index (Phi) is 6.24. The van der Waals surface area contributed by atoms with Gasteiger partial charge in [-0.15, -0.1) is 0 Å². The van der Waals surface area contributed by atoms with Crippen molar-refractivity contribution >= 4 is 5.91 Å². The normalized spacial score (nSPS) is 11.7. The van der Waals surface area contributed by atoms with Gasteiger partial charge in [0.2, 0.25) is 0 Å². The Labute approximate surface area is 143 Å². The zero-order valence-electron chi connectivity index (χ0n) is 14.8. The molecule has 4 nitrogen and oxygen atoms in total. The van der Waals surface area contributed by atoms with Gasteiger partial charge in [0.25, 0.3) is 5.91 Å². The minimum Gasteiger partial charge on any atom is -0.496 e. The van der Waals surface area contributed by atoms with Gasteiger partial charge in [0.1, 0.15) is 11.5 Å². The van der Waals surface area contributed by atoms with Crippen LogP contribution < -0.4 is 14.8 Å². The number of rotatable bonds is 7. The van der Waals surface area contributed by atoms with Crippen LogP contribution in [0.4, 0.5) is 0 Å². The number of carbonyl (C=O) groups excluding carboxylic acids is 1. The van der Waals surface area contributed by atoms with E-state index < -0.39 is 0 Å². The van der Waals surface area contributed by atoms with Gasteiger partial charge < -0.3 is 14.8 Å². The molecule has 1 unspecified atom stereocenters. The second-order valence-corrected chi connectivity index (χ2v) is 5.86. The average molecular weight is 327 g/mol. The summed E-state index contributed by atoms with van der Waals surface area (Å²) in [5.41, 5.74) is 3.23. The molecule has 1 atom stereocenters. The van der Waals surface area contributed by atoms with Gasteiger partial charge in [0.15, 0.2) is 6.61 Å². The van der Waals surface area contributed by atoms with E-state index in [1.807, 2.05) is 57.2 Å². The summed E-state index contributed by atoms with van der Waals surface area (Å²) in [6, 6.07) is 13.6. The highest BCUT2D eigenvalue weighted by atomic mass is 16.5. The molecule has 1 N–H and O–H groups in total. The van der Waals surface area contributed by atoms with Gasteiger partial charge in [0, 0.05) is 0 Å². The maximum Gasteiger partial charge on any atom is 0.258 e. The topological polar surface area (TPSA) is 47.6 Å². The predicted octanol–water partition coefficient (Wildman–Crippen LogP) is 3.96. The number of hydrogen-bond acceptors (Lipinski definition) is 3. The maximum absolute atomic E-state index is 12.2. The Morgan fingerprint density at radius 3 is 2.58 bits per heavy atom. The lowest BCUT2D eigenvalue weighted by molar-refractivity contribution is -0.123. The second-order valence-electron chi connectivity index (χ2n) is 5.86.